The summed E-state index contributed by atoms with van der Waals surface area (Å²) in [6.07, 6.45) is 2.65. The maximum Gasteiger partial charge on any atom is 0.231 e. The van der Waals surface area contributed by atoms with E-state index in [2.05, 4.69) is 5.32 Å². The Morgan fingerprint density at radius 1 is 1.47 bits per heavy atom. The SMILES string of the molecule is C[C@@H](O)CNc1ccc2c(c1)CC(=O)N2CC1CC1. The van der Waals surface area contributed by atoms with Gasteiger partial charge < -0.3 is 15.3 Å². The molecule has 1 saturated carbocycles. The number of benzene rings is 1. The molecular weight excluding hydrogens is 240 g/mol. The second kappa shape index (κ2) is 4.85. The molecule has 4 heteroatoms. The van der Waals surface area contributed by atoms with E-state index >= 15 is 0 Å². The van der Waals surface area contributed by atoms with Crippen molar-refractivity contribution in [1.82, 2.24) is 0 Å². The second-order valence-electron chi connectivity index (χ2n) is 5.70. The normalized spacial score (nSPS) is 19.5. The first-order chi connectivity index (χ1) is 9.13. The van der Waals surface area contributed by atoms with Crippen LogP contribution in [0, 0.1) is 5.92 Å². The fourth-order valence-electron chi connectivity index (χ4n) is 2.52. The summed E-state index contributed by atoms with van der Waals surface area (Å²) in [4.78, 5) is 14.0. The van der Waals surface area contributed by atoms with Crippen molar-refractivity contribution in [3.8, 4) is 0 Å². The van der Waals surface area contributed by atoms with E-state index in [0.29, 0.717) is 18.9 Å². The van der Waals surface area contributed by atoms with Crippen molar-refractivity contribution in [3.63, 3.8) is 0 Å². The van der Waals surface area contributed by atoms with Crippen molar-refractivity contribution in [3.05, 3.63) is 23.8 Å². The van der Waals surface area contributed by atoms with Crippen LogP contribution in [-0.2, 0) is 11.2 Å². The van der Waals surface area contributed by atoms with Crippen LogP contribution < -0.4 is 10.2 Å². The van der Waals surface area contributed by atoms with Gasteiger partial charge in [-0.3, -0.25) is 4.79 Å². The minimum absolute atomic E-state index is 0.217. The molecular formula is C15H20N2O2. The van der Waals surface area contributed by atoms with Crippen molar-refractivity contribution in [1.29, 1.82) is 0 Å². The first kappa shape index (κ1) is 12.5. The molecule has 0 unspecified atom stereocenters. The number of aliphatic hydroxyl groups excluding tert-OH is 1. The molecule has 1 aromatic carbocycles. The quantitative estimate of drug-likeness (QED) is 0.848. The van der Waals surface area contributed by atoms with Gasteiger partial charge in [-0.25, -0.2) is 0 Å². The molecule has 1 aliphatic heterocycles. The van der Waals surface area contributed by atoms with E-state index in [1.165, 1.54) is 12.8 Å². The molecule has 2 aliphatic rings. The molecule has 1 atom stereocenters. The summed E-state index contributed by atoms with van der Waals surface area (Å²) in [5, 5.41) is 12.4. The van der Waals surface area contributed by atoms with Crippen molar-refractivity contribution in [2.45, 2.75) is 32.3 Å². The fraction of sp³-hybridized carbons (Fsp3) is 0.533. The van der Waals surface area contributed by atoms with Gasteiger partial charge in [-0.1, -0.05) is 0 Å². The lowest BCUT2D eigenvalue weighted by Crippen LogP contribution is -2.28. The fourth-order valence-corrected chi connectivity index (χ4v) is 2.52. The van der Waals surface area contributed by atoms with Gasteiger partial charge in [0.1, 0.15) is 0 Å². The van der Waals surface area contributed by atoms with E-state index in [1.807, 2.05) is 23.1 Å². The van der Waals surface area contributed by atoms with Crippen molar-refractivity contribution >= 4 is 17.3 Å². The number of carbonyl (C=O) groups is 1. The van der Waals surface area contributed by atoms with Crippen LogP contribution in [0.4, 0.5) is 11.4 Å². The third kappa shape index (κ3) is 2.73. The zero-order valence-corrected chi connectivity index (χ0v) is 11.2. The van der Waals surface area contributed by atoms with Crippen LogP contribution in [0.3, 0.4) is 0 Å². The molecule has 0 spiro atoms. The lowest BCUT2D eigenvalue weighted by molar-refractivity contribution is -0.117. The first-order valence-electron chi connectivity index (χ1n) is 6.98. The molecule has 4 nitrogen and oxygen atoms in total. The molecule has 102 valence electrons. The molecule has 1 aliphatic carbocycles. The zero-order chi connectivity index (χ0) is 13.4. The Kier molecular flexibility index (Phi) is 3.19. The summed E-state index contributed by atoms with van der Waals surface area (Å²) in [5.41, 5.74) is 3.14. The smallest absolute Gasteiger partial charge is 0.231 e. The van der Waals surface area contributed by atoms with Crippen LogP contribution in [0.5, 0.6) is 0 Å². The molecule has 2 N–H and O–H groups in total. The Bertz CT molecular complexity index is 495. The first-order valence-corrected chi connectivity index (χ1v) is 6.98. The molecule has 3 rings (SSSR count). The number of anilines is 2. The highest BCUT2D eigenvalue weighted by Gasteiger charge is 2.32. The van der Waals surface area contributed by atoms with Crippen LogP contribution in [0.2, 0.25) is 0 Å². The highest BCUT2D eigenvalue weighted by Crippen LogP contribution is 2.36. The molecule has 1 fully saturated rings. The second-order valence-corrected chi connectivity index (χ2v) is 5.70. The summed E-state index contributed by atoms with van der Waals surface area (Å²) in [6.45, 7) is 3.16. The predicted octanol–water partition coefficient (Wildman–Crippen LogP) is 1.78. The Hall–Kier alpha value is -1.55. The van der Waals surface area contributed by atoms with Crippen LogP contribution in [0.1, 0.15) is 25.3 Å². The van der Waals surface area contributed by atoms with Crippen molar-refractivity contribution in [2.24, 2.45) is 5.92 Å². The van der Waals surface area contributed by atoms with E-state index in [0.717, 1.165) is 23.5 Å². The van der Waals surface area contributed by atoms with Gasteiger partial charge >= 0.3 is 0 Å². The summed E-state index contributed by atoms with van der Waals surface area (Å²) < 4.78 is 0. The number of aliphatic hydroxyl groups is 1. The minimum atomic E-state index is -0.374. The summed E-state index contributed by atoms with van der Waals surface area (Å²) in [5.74, 6) is 0.928. The average molecular weight is 260 g/mol. The predicted molar refractivity (Wildman–Crippen MR) is 75.4 cm³/mol. The Balaban J connectivity index is 1.75. The number of amides is 1. The van der Waals surface area contributed by atoms with Gasteiger partial charge in [0.05, 0.1) is 12.5 Å². The molecule has 0 saturated heterocycles. The lowest BCUT2D eigenvalue weighted by atomic mass is 10.1. The zero-order valence-electron chi connectivity index (χ0n) is 11.2. The maximum atomic E-state index is 12.0. The van der Waals surface area contributed by atoms with Crippen molar-refractivity contribution < 1.29 is 9.90 Å². The van der Waals surface area contributed by atoms with Gasteiger partial charge in [-0.2, -0.15) is 0 Å². The number of rotatable bonds is 5. The number of carbonyl (C=O) groups excluding carboxylic acids is 1. The highest BCUT2D eigenvalue weighted by molar-refractivity contribution is 6.01. The van der Waals surface area contributed by atoms with Crippen molar-refractivity contribution in [2.75, 3.05) is 23.3 Å². The maximum absolute atomic E-state index is 12.0. The molecule has 0 aromatic heterocycles. The van der Waals surface area contributed by atoms with E-state index in [-0.39, 0.29) is 12.0 Å². The van der Waals surface area contributed by atoms with Crippen LogP contribution in [0.25, 0.3) is 0 Å². The molecule has 1 aromatic rings. The van der Waals surface area contributed by atoms with Crippen LogP contribution in [-0.4, -0.2) is 30.2 Å². The van der Waals surface area contributed by atoms with Crippen LogP contribution in [0.15, 0.2) is 18.2 Å². The molecule has 0 radical (unpaired) electrons. The lowest BCUT2D eigenvalue weighted by Gasteiger charge is -2.17. The van der Waals surface area contributed by atoms with E-state index < -0.39 is 0 Å². The standard InChI is InChI=1S/C15H20N2O2/c1-10(18)8-16-13-4-5-14-12(6-13)7-15(19)17(14)9-11-2-3-11/h4-6,10-11,16,18H,2-3,7-9H2,1H3/t10-/m1/s1. The molecule has 1 heterocycles. The van der Waals surface area contributed by atoms with Gasteiger partial charge in [-0.15, -0.1) is 0 Å². The molecule has 19 heavy (non-hydrogen) atoms. The number of hydrogen-bond acceptors (Lipinski definition) is 3. The van der Waals surface area contributed by atoms with Gasteiger partial charge in [0.25, 0.3) is 0 Å². The average Bonchev–Trinajstić information content (AvgIpc) is 3.12. The van der Waals surface area contributed by atoms with Gasteiger partial charge in [0.2, 0.25) is 5.91 Å². The number of nitrogens with zero attached hydrogens (tertiary/aromatic N) is 1. The summed E-state index contributed by atoms with van der Waals surface area (Å²) >= 11 is 0. The highest BCUT2D eigenvalue weighted by atomic mass is 16.3. The number of nitrogens with one attached hydrogen (secondary N) is 1. The van der Waals surface area contributed by atoms with Gasteiger partial charge in [0.15, 0.2) is 0 Å². The Morgan fingerprint density at radius 2 is 2.26 bits per heavy atom. The summed E-state index contributed by atoms with van der Waals surface area (Å²) in [6, 6.07) is 6.04. The van der Waals surface area contributed by atoms with Gasteiger partial charge in [0, 0.05) is 24.5 Å². The molecule has 1 amide bonds. The summed E-state index contributed by atoms with van der Waals surface area (Å²) in [7, 11) is 0. The monoisotopic (exact) mass is 260 g/mol. The van der Waals surface area contributed by atoms with E-state index in [4.69, 9.17) is 0 Å². The number of fused-ring (bicyclic) bond motifs is 1. The Morgan fingerprint density at radius 3 is 2.95 bits per heavy atom. The number of hydrogen-bond donors (Lipinski definition) is 2. The third-order valence-corrected chi connectivity index (χ3v) is 3.75. The largest absolute Gasteiger partial charge is 0.392 e. The minimum Gasteiger partial charge on any atom is -0.392 e. The van der Waals surface area contributed by atoms with Gasteiger partial charge in [-0.05, 0) is 49.4 Å². The van der Waals surface area contributed by atoms with E-state index in [1.54, 1.807) is 6.92 Å². The topological polar surface area (TPSA) is 52.6 Å². The third-order valence-electron chi connectivity index (χ3n) is 3.75. The van der Waals surface area contributed by atoms with Crippen LogP contribution >= 0.6 is 0 Å². The Labute approximate surface area is 113 Å². The molecule has 0 bridgehead atoms. The van der Waals surface area contributed by atoms with E-state index in [9.17, 15) is 9.90 Å².